The number of methoxy groups -OCH3 is 1. The Morgan fingerprint density at radius 2 is 2.11 bits per heavy atom. The Bertz CT molecular complexity index is 1220. The topological polar surface area (TPSA) is 158 Å². The number of carbonyl (C=O) groups excluding carboxylic acids is 1. The minimum absolute atomic E-state index is 0.00722. The quantitative estimate of drug-likeness (QED) is 0.283. The summed E-state index contributed by atoms with van der Waals surface area (Å²) in [5.74, 6) is -0.466. The fourth-order valence-electron chi connectivity index (χ4n) is 3.29. The second kappa shape index (κ2) is 11.9. The summed E-state index contributed by atoms with van der Waals surface area (Å²) in [6.45, 7) is 1.03. The number of halogens is 1. The summed E-state index contributed by atoms with van der Waals surface area (Å²) in [7, 11) is -2.95. The molecule has 2 unspecified atom stereocenters. The number of carbonyl (C=O) groups is 1. The zero-order chi connectivity index (χ0) is 25.6. The molecule has 0 spiro atoms. The molecule has 1 aliphatic heterocycles. The van der Waals surface area contributed by atoms with Gasteiger partial charge < -0.3 is 19.1 Å². The summed E-state index contributed by atoms with van der Waals surface area (Å²) in [4.78, 5) is 39.7. The summed E-state index contributed by atoms with van der Waals surface area (Å²) in [6.07, 6.45) is -0.224. The van der Waals surface area contributed by atoms with Crippen LogP contribution in [0.2, 0.25) is 0 Å². The van der Waals surface area contributed by atoms with E-state index in [9.17, 15) is 24.1 Å². The third-order valence-corrected chi connectivity index (χ3v) is 6.94. The van der Waals surface area contributed by atoms with Gasteiger partial charge in [0.1, 0.15) is 24.1 Å². The maximum absolute atomic E-state index is 13.4. The Morgan fingerprint density at radius 3 is 2.77 bits per heavy atom. The van der Waals surface area contributed by atoms with Crippen molar-refractivity contribution in [2.24, 2.45) is 0 Å². The maximum atomic E-state index is 13.4. The number of aliphatic hydroxyl groups is 1. The molecule has 0 amide bonds. The summed E-state index contributed by atoms with van der Waals surface area (Å²) in [5.41, 5.74) is -1.10. The number of aliphatic hydroxyl groups excluding tert-OH is 1. The summed E-state index contributed by atoms with van der Waals surface area (Å²) in [6, 6.07) is 7.15. The van der Waals surface area contributed by atoms with Crippen LogP contribution in [-0.4, -0.2) is 52.6 Å². The number of aromatic amines is 1. The molecule has 0 radical (unpaired) electrons. The smallest absolute Gasteiger partial charge is 0.459 e. The van der Waals surface area contributed by atoms with Gasteiger partial charge in [0.2, 0.25) is 0 Å². The van der Waals surface area contributed by atoms with E-state index in [2.05, 4.69) is 30.7 Å². The normalized spacial score (nSPS) is 22.6. The van der Waals surface area contributed by atoms with Crippen LogP contribution >= 0.6 is 23.7 Å². The van der Waals surface area contributed by atoms with Gasteiger partial charge in [-0.2, -0.15) is 5.09 Å². The molecular formula is C21H25BrN3O9P. The lowest BCUT2D eigenvalue weighted by Gasteiger charge is -2.24. The number of benzene rings is 1. The molecule has 5 atom stereocenters. The highest BCUT2D eigenvalue weighted by Gasteiger charge is 2.39. The van der Waals surface area contributed by atoms with Gasteiger partial charge in [-0.1, -0.05) is 34.1 Å². The number of para-hydroxylation sites is 1. The molecule has 2 aromatic rings. The van der Waals surface area contributed by atoms with Gasteiger partial charge in [-0.15, -0.1) is 0 Å². The summed E-state index contributed by atoms with van der Waals surface area (Å²) in [5, 5.41) is 13.0. The van der Waals surface area contributed by atoms with E-state index in [1.54, 1.807) is 30.3 Å². The fourth-order valence-corrected chi connectivity index (χ4v) is 5.07. The molecule has 3 N–H and O–H groups in total. The fraction of sp³-hybridized carbons (Fsp3) is 0.381. The van der Waals surface area contributed by atoms with Gasteiger partial charge in [-0.3, -0.25) is 23.7 Å². The molecule has 1 fully saturated rings. The van der Waals surface area contributed by atoms with Crippen molar-refractivity contribution in [2.75, 3.05) is 13.7 Å². The predicted molar refractivity (Wildman–Crippen MR) is 129 cm³/mol. The second-order valence-corrected chi connectivity index (χ2v) is 9.77. The van der Waals surface area contributed by atoms with Gasteiger partial charge in [0.05, 0.1) is 25.4 Å². The number of esters is 1. The van der Waals surface area contributed by atoms with Gasteiger partial charge in [0.25, 0.3) is 5.56 Å². The average molecular weight is 574 g/mol. The summed E-state index contributed by atoms with van der Waals surface area (Å²) >= 11 is 3.08. The number of H-pyrrole nitrogens is 1. The number of aromatic nitrogens is 2. The Morgan fingerprint density at radius 1 is 1.40 bits per heavy atom. The maximum Gasteiger partial charge on any atom is 0.459 e. The zero-order valence-electron chi connectivity index (χ0n) is 18.8. The van der Waals surface area contributed by atoms with Crippen molar-refractivity contribution in [3.8, 4) is 5.75 Å². The lowest BCUT2D eigenvalue weighted by atomic mass is 10.2. The predicted octanol–water partition coefficient (Wildman–Crippen LogP) is 1.91. The molecule has 1 saturated heterocycles. The van der Waals surface area contributed by atoms with Crippen molar-refractivity contribution in [1.29, 1.82) is 0 Å². The van der Waals surface area contributed by atoms with Gasteiger partial charge in [0, 0.05) is 12.6 Å². The number of nitrogens with zero attached hydrogens (tertiary/aromatic N) is 1. The molecule has 3 rings (SSSR count). The second-order valence-electron chi connectivity index (χ2n) is 7.55. The van der Waals surface area contributed by atoms with Crippen LogP contribution in [0.4, 0.5) is 0 Å². The van der Waals surface area contributed by atoms with Crippen LogP contribution in [0, 0.1) is 0 Å². The van der Waals surface area contributed by atoms with Gasteiger partial charge in [-0.05, 0) is 30.1 Å². The lowest BCUT2D eigenvalue weighted by molar-refractivity contribution is -0.142. The first-order valence-corrected chi connectivity index (χ1v) is 12.9. The van der Waals surface area contributed by atoms with Gasteiger partial charge >= 0.3 is 19.4 Å². The van der Waals surface area contributed by atoms with E-state index in [1.807, 2.05) is 0 Å². The molecule has 12 nitrogen and oxygen atoms in total. The molecule has 190 valence electrons. The Kier molecular flexibility index (Phi) is 9.22. The van der Waals surface area contributed by atoms with Crippen LogP contribution in [0.1, 0.15) is 25.1 Å². The highest BCUT2D eigenvalue weighted by Crippen LogP contribution is 2.45. The number of ether oxygens (including phenoxy) is 2. The monoisotopic (exact) mass is 573 g/mol. The molecule has 14 heteroatoms. The highest BCUT2D eigenvalue weighted by molar-refractivity contribution is 9.11. The largest absolute Gasteiger partial charge is 0.468 e. The molecule has 1 aliphatic rings. The van der Waals surface area contributed by atoms with Gasteiger partial charge in [-0.25, -0.2) is 9.36 Å². The lowest BCUT2D eigenvalue weighted by Crippen LogP contribution is -2.36. The number of hydrogen-bond acceptors (Lipinski definition) is 9. The molecule has 2 heterocycles. The van der Waals surface area contributed by atoms with E-state index >= 15 is 0 Å². The van der Waals surface area contributed by atoms with E-state index < -0.39 is 56.0 Å². The van der Waals surface area contributed by atoms with E-state index in [0.717, 1.165) is 4.57 Å². The van der Waals surface area contributed by atoms with Crippen LogP contribution in [0.5, 0.6) is 5.75 Å². The van der Waals surface area contributed by atoms with Crippen LogP contribution in [0.15, 0.2) is 51.1 Å². The zero-order valence-corrected chi connectivity index (χ0v) is 21.3. The van der Waals surface area contributed by atoms with Crippen molar-refractivity contribution in [3.05, 3.63) is 67.9 Å². The Hall–Kier alpha value is -2.54. The Balaban J connectivity index is 1.75. The van der Waals surface area contributed by atoms with Crippen LogP contribution in [0.3, 0.4) is 0 Å². The van der Waals surface area contributed by atoms with E-state index in [-0.39, 0.29) is 17.7 Å². The number of nitrogens with one attached hydrogen (secondary N) is 2. The van der Waals surface area contributed by atoms with Crippen LogP contribution < -0.4 is 20.9 Å². The average Bonchev–Trinajstić information content (AvgIpc) is 3.19. The van der Waals surface area contributed by atoms with Crippen LogP contribution in [0.25, 0.3) is 6.08 Å². The summed E-state index contributed by atoms with van der Waals surface area (Å²) < 4.78 is 36.0. The standard InChI is InChI=1S/C21H25BrN3O9P/c1-13(20(28)31-2)24-35(30,34-15-6-4-3-5-7-15)32-12-17-16(26)10-18(33-17)25-11-14(8-9-22)19(27)23-21(25)29/h3-9,11,13,16-18,26H,10,12H2,1-2H3,(H,24,30)(H,23,27,29)/b9-8+/t13-,16+,17?,18+,35?/m0/s1. The van der Waals surface area contributed by atoms with Crippen molar-refractivity contribution in [3.63, 3.8) is 0 Å². The molecule has 0 bridgehead atoms. The van der Waals surface area contributed by atoms with Crippen molar-refractivity contribution in [1.82, 2.24) is 14.6 Å². The molecule has 1 aromatic heterocycles. The van der Waals surface area contributed by atoms with Gasteiger partial charge in [0.15, 0.2) is 0 Å². The minimum atomic E-state index is -4.14. The molecular weight excluding hydrogens is 549 g/mol. The SMILES string of the molecule is COC(=O)[C@H](C)NP(=O)(OCC1O[C@@H](n2cc(/C=C/Br)c(=O)[nH]c2=O)C[C@H]1O)Oc1ccccc1. The van der Waals surface area contributed by atoms with Crippen molar-refractivity contribution < 1.29 is 33.0 Å². The number of hydrogen-bond donors (Lipinski definition) is 3. The first-order valence-electron chi connectivity index (χ1n) is 10.5. The molecule has 1 aromatic carbocycles. The number of rotatable bonds is 10. The van der Waals surface area contributed by atoms with E-state index in [4.69, 9.17) is 13.8 Å². The molecule has 0 saturated carbocycles. The van der Waals surface area contributed by atoms with E-state index in [1.165, 1.54) is 31.3 Å². The van der Waals surface area contributed by atoms with Crippen molar-refractivity contribution >= 4 is 35.7 Å². The third-order valence-electron chi connectivity index (χ3n) is 5.04. The first kappa shape index (κ1) is 27.1. The molecule has 35 heavy (non-hydrogen) atoms. The minimum Gasteiger partial charge on any atom is -0.468 e. The third kappa shape index (κ3) is 7.00. The molecule has 0 aliphatic carbocycles. The van der Waals surface area contributed by atoms with Crippen LogP contribution in [-0.2, 0) is 23.4 Å². The van der Waals surface area contributed by atoms with Crippen molar-refractivity contribution in [2.45, 2.75) is 37.8 Å². The van der Waals surface area contributed by atoms with E-state index in [0.29, 0.717) is 0 Å². The first-order chi connectivity index (χ1) is 16.7. The Labute approximate surface area is 208 Å². The highest BCUT2D eigenvalue weighted by atomic mass is 79.9.